The van der Waals surface area contributed by atoms with Crippen LogP contribution in [0.1, 0.15) is 10.4 Å². The lowest BCUT2D eigenvalue weighted by atomic mass is 10.0. The van der Waals surface area contributed by atoms with E-state index < -0.39 is 40.6 Å². The molecule has 146 valence electrons. The van der Waals surface area contributed by atoms with E-state index in [-0.39, 0.29) is 11.4 Å². The zero-order valence-electron chi connectivity index (χ0n) is 14.4. The van der Waals surface area contributed by atoms with Crippen molar-refractivity contribution in [2.45, 2.75) is 0 Å². The van der Waals surface area contributed by atoms with Crippen LogP contribution in [0.4, 0.5) is 27.8 Å². The van der Waals surface area contributed by atoms with Gasteiger partial charge in [0.1, 0.15) is 23.0 Å². The lowest BCUT2D eigenvalue weighted by molar-refractivity contribution is 0.101. The molecule has 1 heterocycles. The lowest BCUT2D eigenvalue weighted by Gasteiger charge is -2.06. The van der Waals surface area contributed by atoms with Crippen LogP contribution in [0.3, 0.4) is 0 Å². The van der Waals surface area contributed by atoms with Gasteiger partial charge in [-0.05, 0) is 42.0 Å². The Kier molecular flexibility index (Phi) is 4.50. The minimum Gasteiger partial charge on any atom is -0.304 e. The molecule has 0 fully saturated rings. The molecular weight excluding hydrogens is 393 g/mol. The molecule has 0 spiro atoms. The number of anilines is 1. The third kappa shape index (κ3) is 3.31. The van der Waals surface area contributed by atoms with Crippen molar-refractivity contribution in [1.82, 2.24) is 10.2 Å². The Hall–Kier alpha value is -3.75. The van der Waals surface area contributed by atoms with Crippen LogP contribution in [-0.4, -0.2) is 16.1 Å². The second-order valence-electron chi connectivity index (χ2n) is 6.13. The monoisotopic (exact) mass is 403 g/mol. The van der Waals surface area contributed by atoms with Crippen molar-refractivity contribution in [2.24, 2.45) is 0 Å². The SMILES string of the molecule is O=C(Nc1n[nH]c2cc(-c3ccc(F)cc3F)ccc12)c1c(F)ccc(F)c1F. The number of aromatic nitrogens is 2. The van der Waals surface area contributed by atoms with E-state index in [1.807, 2.05) is 0 Å². The van der Waals surface area contributed by atoms with Crippen LogP contribution in [-0.2, 0) is 0 Å². The third-order valence-corrected chi connectivity index (χ3v) is 4.31. The molecule has 0 bridgehead atoms. The summed E-state index contributed by atoms with van der Waals surface area (Å²) < 4.78 is 68.0. The summed E-state index contributed by atoms with van der Waals surface area (Å²) in [6.45, 7) is 0. The van der Waals surface area contributed by atoms with Gasteiger partial charge in [-0.15, -0.1) is 0 Å². The Morgan fingerprint density at radius 1 is 0.862 bits per heavy atom. The first-order chi connectivity index (χ1) is 13.8. The zero-order chi connectivity index (χ0) is 20.7. The molecule has 2 N–H and O–H groups in total. The van der Waals surface area contributed by atoms with Gasteiger partial charge >= 0.3 is 0 Å². The van der Waals surface area contributed by atoms with Gasteiger partial charge in [-0.1, -0.05) is 6.07 Å². The number of nitrogens with one attached hydrogen (secondary N) is 2. The second kappa shape index (κ2) is 7.01. The maximum atomic E-state index is 14.0. The number of H-pyrrole nitrogens is 1. The lowest BCUT2D eigenvalue weighted by Crippen LogP contribution is -2.17. The normalized spacial score (nSPS) is 11.1. The summed E-state index contributed by atoms with van der Waals surface area (Å²) in [5.74, 6) is -6.95. The van der Waals surface area contributed by atoms with E-state index in [1.54, 1.807) is 0 Å². The molecular formula is C20H10F5N3O. The number of nitrogens with zero attached hydrogens (tertiary/aromatic N) is 1. The van der Waals surface area contributed by atoms with E-state index in [0.717, 1.165) is 12.1 Å². The van der Waals surface area contributed by atoms with Gasteiger partial charge in [-0.2, -0.15) is 5.10 Å². The number of aromatic amines is 1. The van der Waals surface area contributed by atoms with Gasteiger partial charge in [0.05, 0.1) is 5.52 Å². The predicted octanol–water partition coefficient (Wildman–Crippen LogP) is 5.18. The average Bonchev–Trinajstić information content (AvgIpc) is 3.07. The first-order valence-corrected chi connectivity index (χ1v) is 8.23. The van der Waals surface area contributed by atoms with Crippen molar-refractivity contribution < 1.29 is 26.7 Å². The molecule has 1 amide bonds. The van der Waals surface area contributed by atoms with Crippen LogP contribution in [0.5, 0.6) is 0 Å². The molecule has 0 saturated heterocycles. The fraction of sp³-hybridized carbons (Fsp3) is 0. The topological polar surface area (TPSA) is 57.8 Å². The summed E-state index contributed by atoms with van der Waals surface area (Å²) in [6, 6.07) is 8.86. The first-order valence-electron chi connectivity index (χ1n) is 8.23. The molecule has 0 radical (unpaired) electrons. The number of carbonyl (C=O) groups is 1. The molecule has 9 heteroatoms. The number of halogens is 5. The molecule has 0 aliphatic carbocycles. The fourth-order valence-corrected chi connectivity index (χ4v) is 2.91. The number of amides is 1. The Balaban J connectivity index is 1.68. The minimum absolute atomic E-state index is 0.0563. The summed E-state index contributed by atoms with van der Waals surface area (Å²) in [5.41, 5.74) is -0.135. The van der Waals surface area contributed by atoms with Crippen LogP contribution in [0.15, 0.2) is 48.5 Å². The highest BCUT2D eigenvalue weighted by atomic mass is 19.2. The smallest absolute Gasteiger partial charge is 0.262 e. The van der Waals surface area contributed by atoms with Crippen molar-refractivity contribution in [3.8, 4) is 11.1 Å². The summed E-state index contributed by atoms with van der Waals surface area (Å²) in [7, 11) is 0. The van der Waals surface area contributed by atoms with Crippen LogP contribution in [0.25, 0.3) is 22.0 Å². The van der Waals surface area contributed by atoms with Crippen molar-refractivity contribution in [1.29, 1.82) is 0 Å². The van der Waals surface area contributed by atoms with Crippen LogP contribution >= 0.6 is 0 Å². The van der Waals surface area contributed by atoms with Crippen LogP contribution < -0.4 is 5.32 Å². The number of hydrogen-bond acceptors (Lipinski definition) is 2. The molecule has 1 aromatic heterocycles. The van der Waals surface area contributed by atoms with Crippen molar-refractivity contribution >= 4 is 22.6 Å². The summed E-state index contributed by atoms with van der Waals surface area (Å²) in [4.78, 5) is 12.2. The van der Waals surface area contributed by atoms with Gasteiger partial charge in [0.15, 0.2) is 17.5 Å². The molecule has 29 heavy (non-hydrogen) atoms. The van der Waals surface area contributed by atoms with E-state index in [9.17, 15) is 26.7 Å². The van der Waals surface area contributed by atoms with Gasteiger partial charge in [-0.3, -0.25) is 9.89 Å². The third-order valence-electron chi connectivity index (χ3n) is 4.31. The molecule has 4 nitrogen and oxygen atoms in total. The minimum atomic E-state index is -1.61. The van der Waals surface area contributed by atoms with E-state index in [2.05, 4.69) is 15.5 Å². The summed E-state index contributed by atoms with van der Waals surface area (Å²) in [6.07, 6.45) is 0. The first kappa shape index (κ1) is 18.6. The molecule has 0 aliphatic heterocycles. The highest BCUT2D eigenvalue weighted by Gasteiger charge is 2.22. The maximum Gasteiger partial charge on any atom is 0.262 e. The van der Waals surface area contributed by atoms with E-state index in [4.69, 9.17) is 0 Å². The van der Waals surface area contributed by atoms with Gasteiger partial charge in [0.25, 0.3) is 5.91 Å². The van der Waals surface area contributed by atoms with E-state index >= 15 is 0 Å². The summed E-state index contributed by atoms with van der Waals surface area (Å²) >= 11 is 0. The molecule has 4 rings (SSSR count). The van der Waals surface area contributed by atoms with Gasteiger partial charge in [-0.25, -0.2) is 22.0 Å². The number of carbonyl (C=O) groups excluding carboxylic acids is 1. The molecule has 0 saturated carbocycles. The van der Waals surface area contributed by atoms with Crippen LogP contribution in [0.2, 0.25) is 0 Å². The van der Waals surface area contributed by atoms with Gasteiger partial charge < -0.3 is 5.32 Å². The quantitative estimate of drug-likeness (QED) is 0.366. The Bertz CT molecular complexity index is 1270. The number of fused-ring (bicyclic) bond motifs is 1. The number of rotatable bonds is 3. The highest BCUT2D eigenvalue weighted by Crippen LogP contribution is 2.29. The van der Waals surface area contributed by atoms with Crippen molar-refractivity contribution in [2.75, 3.05) is 5.32 Å². The Labute approximate surface area is 160 Å². The number of benzene rings is 3. The Morgan fingerprint density at radius 2 is 1.62 bits per heavy atom. The molecule has 4 aromatic rings. The maximum absolute atomic E-state index is 14.0. The van der Waals surface area contributed by atoms with Crippen molar-refractivity contribution in [3.05, 3.63) is 83.2 Å². The van der Waals surface area contributed by atoms with E-state index in [0.29, 0.717) is 28.6 Å². The molecule has 0 unspecified atom stereocenters. The molecule has 3 aromatic carbocycles. The molecule has 0 aliphatic rings. The second-order valence-corrected chi connectivity index (χ2v) is 6.13. The fourth-order valence-electron chi connectivity index (χ4n) is 2.91. The average molecular weight is 403 g/mol. The standard InChI is InChI=1S/C20H10F5N3O/c21-10-2-4-11(15(24)8-10)9-1-3-12-16(7-9)27-28-19(12)26-20(29)17-13(22)5-6-14(23)18(17)25/h1-8H,(H2,26,27,28,29). The van der Waals surface area contributed by atoms with Crippen molar-refractivity contribution in [3.63, 3.8) is 0 Å². The summed E-state index contributed by atoms with van der Waals surface area (Å²) in [5, 5.41) is 9.05. The largest absolute Gasteiger partial charge is 0.304 e. The van der Waals surface area contributed by atoms with Gasteiger partial charge in [0.2, 0.25) is 0 Å². The Morgan fingerprint density at radius 3 is 2.38 bits per heavy atom. The van der Waals surface area contributed by atoms with Crippen LogP contribution in [0, 0.1) is 29.1 Å². The van der Waals surface area contributed by atoms with Gasteiger partial charge in [0, 0.05) is 17.0 Å². The molecule has 0 atom stereocenters. The highest BCUT2D eigenvalue weighted by molar-refractivity contribution is 6.08. The number of hydrogen-bond donors (Lipinski definition) is 2. The van der Waals surface area contributed by atoms with E-state index in [1.165, 1.54) is 24.3 Å². The predicted molar refractivity (Wildman–Crippen MR) is 95.7 cm³/mol. The zero-order valence-corrected chi connectivity index (χ0v) is 14.4.